The van der Waals surface area contributed by atoms with Crippen molar-refractivity contribution < 1.29 is 24.9 Å². The molecule has 1 aliphatic carbocycles. The molecule has 1 saturated carbocycles. The van der Waals surface area contributed by atoms with Gasteiger partial charge in [-0.2, -0.15) is 0 Å². The molecule has 0 spiro atoms. The van der Waals surface area contributed by atoms with Gasteiger partial charge in [-0.25, -0.2) is 0 Å². The zero-order valence-electron chi connectivity index (χ0n) is 14.7. The van der Waals surface area contributed by atoms with Crippen molar-refractivity contribution in [3.8, 4) is 11.5 Å². The largest absolute Gasteiger partial charge is 0.508 e. The molecule has 132 valence electrons. The predicted octanol–water partition coefficient (Wildman–Crippen LogP) is 3.17. The minimum Gasteiger partial charge on any atom is -0.508 e. The number of aliphatic hydroxyl groups is 1. The van der Waals surface area contributed by atoms with Crippen LogP contribution in [0, 0.1) is 5.92 Å². The number of benzene rings is 1. The number of hydrogen-bond donors (Lipinski definition) is 3. The molecule has 1 aliphatic heterocycles. The highest BCUT2D eigenvalue weighted by Gasteiger charge is 2.48. The number of aliphatic carboxylic acids is 1. The minimum absolute atomic E-state index is 0.0227. The van der Waals surface area contributed by atoms with Crippen LogP contribution in [0.25, 0.3) is 0 Å². The zero-order valence-corrected chi connectivity index (χ0v) is 14.7. The van der Waals surface area contributed by atoms with E-state index in [2.05, 4.69) is 0 Å². The molecule has 5 heteroatoms. The maximum absolute atomic E-state index is 11.5. The predicted molar refractivity (Wildman–Crippen MR) is 89.6 cm³/mol. The summed E-state index contributed by atoms with van der Waals surface area (Å²) in [7, 11) is 0. The van der Waals surface area contributed by atoms with Gasteiger partial charge in [0.25, 0.3) is 0 Å². The van der Waals surface area contributed by atoms with Crippen molar-refractivity contribution in [3.63, 3.8) is 0 Å². The van der Waals surface area contributed by atoms with Crippen molar-refractivity contribution in [3.05, 3.63) is 23.3 Å². The number of phenols is 1. The second-order valence-electron chi connectivity index (χ2n) is 8.22. The fourth-order valence-corrected chi connectivity index (χ4v) is 4.21. The molecule has 5 nitrogen and oxygen atoms in total. The van der Waals surface area contributed by atoms with Gasteiger partial charge in [0.15, 0.2) is 0 Å². The molecule has 1 heterocycles. The molecule has 0 saturated heterocycles. The number of carbonyl (C=O) groups is 1. The van der Waals surface area contributed by atoms with Gasteiger partial charge in [-0.05, 0) is 64.7 Å². The van der Waals surface area contributed by atoms with Gasteiger partial charge in [0.05, 0.1) is 11.5 Å². The molecule has 2 aliphatic rings. The van der Waals surface area contributed by atoms with Crippen LogP contribution in [0.3, 0.4) is 0 Å². The van der Waals surface area contributed by atoms with E-state index in [1.54, 1.807) is 19.9 Å². The number of phenolic OH excluding ortho intramolecular Hbond substituents is 1. The number of carboxylic acids is 1. The zero-order chi connectivity index (χ0) is 17.9. The Balaban J connectivity index is 2.13. The van der Waals surface area contributed by atoms with Crippen LogP contribution < -0.4 is 4.74 Å². The van der Waals surface area contributed by atoms with Crippen LogP contribution in [0.2, 0.25) is 0 Å². The van der Waals surface area contributed by atoms with E-state index in [4.69, 9.17) is 4.74 Å². The summed E-state index contributed by atoms with van der Waals surface area (Å²) >= 11 is 0. The first kappa shape index (κ1) is 17.1. The summed E-state index contributed by atoms with van der Waals surface area (Å²) in [6.45, 7) is 7.27. The van der Waals surface area contributed by atoms with Gasteiger partial charge in [0.1, 0.15) is 17.1 Å². The SMILES string of the molecule is CC(C)(C(=O)O)c1cc(O)c2c(c1)OC(C)(C)C1CCC(O)C[C@@H]21. The Morgan fingerprint density at radius 3 is 2.58 bits per heavy atom. The van der Waals surface area contributed by atoms with Crippen LogP contribution in [0.4, 0.5) is 0 Å². The number of aromatic hydroxyl groups is 1. The number of carboxylic acid groups (broad SMARTS) is 1. The first-order valence-electron chi connectivity index (χ1n) is 8.52. The van der Waals surface area contributed by atoms with Crippen LogP contribution in [-0.4, -0.2) is 33.0 Å². The summed E-state index contributed by atoms with van der Waals surface area (Å²) < 4.78 is 6.19. The van der Waals surface area contributed by atoms with Crippen LogP contribution in [0.5, 0.6) is 11.5 Å². The lowest BCUT2D eigenvalue weighted by Crippen LogP contribution is -2.47. The molecule has 0 aromatic heterocycles. The van der Waals surface area contributed by atoms with Gasteiger partial charge in [0.2, 0.25) is 0 Å². The van der Waals surface area contributed by atoms with E-state index in [9.17, 15) is 20.1 Å². The second-order valence-corrected chi connectivity index (χ2v) is 8.22. The molecule has 2 unspecified atom stereocenters. The number of rotatable bonds is 2. The van der Waals surface area contributed by atoms with Crippen molar-refractivity contribution in [2.24, 2.45) is 5.92 Å². The smallest absolute Gasteiger partial charge is 0.313 e. The van der Waals surface area contributed by atoms with E-state index in [0.29, 0.717) is 23.3 Å². The van der Waals surface area contributed by atoms with Gasteiger partial charge in [-0.1, -0.05) is 0 Å². The highest BCUT2D eigenvalue weighted by molar-refractivity contribution is 5.81. The standard InChI is InChI=1S/C19H26O5/c1-18(2,17(22)23)10-7-14(21)16-12-9-11(20)5-6-13(12)19(3,4)24-15(16)8-10/h7-8,11-13,20-21H,5-6,9H2,1-4H3,(H,22,23)/t11?,12-,13?/m1/s1. The Morgan fingerprint density at radius 2 is 1.96 bits per heavy atom. The molecule has 1 aromatic rings. The first-order chi connectivity index (χ1) is 11.0. The minimum atomic E-state index is -1.12. The van der Waals surface area contributed by atoms with Crippen LogP contribution in [0.15, 0.2) is 12.1 Å². The van der Waals surface area contributed by atoms with Crippen molar-refractivity contribution >= 4 is 5.97 Å². The van der Waals surface area contributed by atoms with Crippen molar-refractivity contribution in [2.75, 3.05) is 0 Å². The third-order valence-corrected chi connectivity index (χ3v) is 5.84. The Kier molecular flexibility index (Phi) is 3.83. The van der Waals surface area contributed by atoms with Crippen molar-refractivity contribution in [1.29, 1.82) is 0 Å². The lowest BCUT2D eigenvalue weighted by molar-refractivity contribution is -0.142. The van der Waals surface area contributed by atoms with Crippen LogP contribution >= 0.6 is 0 Å². The van der Waals surface area contributed by atoms with E-state index >= 15 is 0 Å². The number of aliphatic hydroxyl groups excluding tert-OH is 1. The lowest BCUT2D eigenvalue weighted by Gasteiger charge is -2.48. The highest BCUT2D eigenvalue weighted by Crippen LogP contribution is 2.54. The Labute approximate surface area is 142 Å². The maximum Gasteiger partial charge on any atom is 0.313 e. The molecule has 24 heavy (non-hydrogen) atoms. The molecular formula is C19H26O5. The fraction of sp³-hybridized carbons (Fsp3) is 0.632. The Bertz CT molecular complexity index is 677. The Morgan fingerprint density at radius 1 is 1.29 bits per heavy atom. The molecule has 1 aromatic carbocycles. The second kappa shape index (κ2) is 5.38. The van der Waals surface area contributed by atoms with Crippen molar-refractivity contribution in [1.82, 2.24) is 0 Å². The first-order valence-corrected chi connectivity index (χ1v) is 8.52. The molecule has 3 rings (SSSR count). The van der Waals surface area contributed by atoms with E-state index < -0.39 is 17.0 Å². The molecule has 1 fully saturated rings. The summed E-state index contributed by atoms with van der Waals surface area (Å²) in [6.07, 6.45) is 1.82. The molecule has 0 radical (unpaired) electrons. The Hall–Kier alpha value is -1.75. The monoisotopic (exact) mass is 334 g/mol. The third-order valence-electron chi connectivity index (χ3n) is 5.84. The normalized spacial score (nSPS) is 28.5. The van der Waals surface area contributed by atoms with E-state index in [-0.39, 0.29) is 23.7 Å². The lowest BCUT2D eigenvalue weighted by atomic mass is 9.65. The fourth-order valence-electron chi connectivity index (χ4n) is 4.21. The summed E-state index contributed by atoms with van der Waals surface area (Å²) in [6, 6.07) is 3.27. The summed E-state index contributed by atoms with van der Waals surface area (Å²) in [5.74, 6) is -0.105. The summed E-state index contributed by atoms with van der Waals surface area (Å²) in [5, 5.41) is 30.2. The molecule has 0 amide bonds. The maximum atomic E-state index is 11.5. The van der Waals surface area contributed by atoms with E-state index in [0.717, 1.165) is 12.8 Å². The van der Waals surface area contributed by atoms with Gasteiger partial charge in [0, 0.05) is 17.4 Å². The summed E-state index contributed by atoms with van der Waals surface area (Å²) in [5.41, 5.74) is -0.320. The third kappa shape index (κ3) is 2.55. The average Bonchev–Trinajstić information content (AvgIpc) is 2.45. The van der Waals surface area contributed by atoms with E-state index in [1.807, 2.05) is 13.8 Å². The van der Waals surface area contributed by atoms with Gasteiger partial charge in [-0.3, -0.25) is 4.79 Å². The number of ether oxygens (including phenoxy) is 1. The summed E-state index contributed by atoms with van der Waals surface area (Å²) in [4.78, 5) is 11.5. The average molecular weight is 334 g/mol. The number of fused-ring (bicyclic) bond motifs is 3. The molecular weight excluding hydrogens is 308 g/mol. The van der Waals surface area contributed by atoms with Crippen molar-refractivity contribution in [2.45, 2.75) is 70.0 Å². The van der Waals surface area contributed by atoms with Gasteiger partial charge >= 0.3 is 5.97 Å². The van der Waals surface area contributed by atoms with Gasteiger partial charge in [-0.15, -0.1) is 0 Å². The molecule has 3 atom stereocenters. The topological polar surface area (TPSA) is 87.0 Å². The van der Waals surface area contributed by atoms with E-state index in [1.165, 1.54) is 6.07 Å². The van der Waals surface area contributed by atoms with Crippen LogP contribution in [-0.2, 0) is 10.2 Å². The highest BCUT2D eigenvalue weighted by atomic mass is 16.5. The van der Waals surface area contributed by atoms with Gasteiger partial charge < -0.3 is 20.1 Å². The quantitative estimate of drug-likeness (QED) is 0.773. The number of hydrogen-bond acceptors (Lipinski definition) is 4. The molecule has 0 bridgehead atoms. The van der Waals surface area contributed by atoms with Crippen LogP contribution in [0.1, 0.15) is 64.0 Å². The molecule has 3 N–H and O–H groups in total.